The highest BCUT2D eigenvalue weighted by Crippen LogP contribution is 2.25. The molecule has 118 valence electrons. The number of rotatable bonds is 4. The van der Waals surface area contributed by atoms with Crippen molar-refractivity contribution >= 4 is 11.6 Å². The largest absolute Gasteiger partial charge is 0.307 e. The van der Waals surface area contributed by atoms with Crippen LogP contribution < -0.4 is 5.32 Å². The second kappa shape index (κ2) is 6.48. The molecule has 0 saturated carbocycles. The average Bonchev–Trinajstić information content (AvgIpc) is 2.99. The maximum Gasteiger partial charge on any atom is 0.178 e. The van der Waals surface area contributed by atoms with Crippen molar-refractivity contribution in [3.8, 4) is 5.69 Å². The van der Waals surface area contributed by atoms with Crippen LogP contribution in [0.5, 0.6) is 0 Å². The Kier molecular flexibility index (Phi) is 4.41. The Bertz CT molecular complexity index is 790. The first-order chi connectivity index (χ1) is 11.1. The molecule has 5 nitrogen and oxygen atoms in total. The molecular weight excluding hydrogens is 310 g/mol. The van der Waals surface area contributed by atoms with E-state index < -0.39 is 0 Å². The summed E-state index contributed by atoms with van der Waals surface area (Å²) in [5.74, 6) is 0.743. The predicted molar refractivity (Wildman–Crippen MR) is 91.0 cm³/mol. The van der Waals surface area contributed by atoms with Crippen LogP contribution >= 0.6 is 11.6 Å². The van der Waals surface area contributed by atoms with Gasteiger partial charge >= 0.3 is 0 Å². The number of para-hydroxylation sites is 1. The summed E-state index contributed by atoms with van der Waals surface area (Å²) >= 11 is 5.99. The van der Waals surface area contributed by atoms with Gasteiger partial charge in [-0.15, -0.1) is 5.10 Å². The number of halogens is 1. The summed E-state index contributed by atoms with van der Waals surface area (Å²) in [6, 6.07) is 13.7. The van der Waals surface area contributed by atoms with Crippen LogP contribution in [0.3, 0.4) is 0 Å². The zero-order chi connectivity index (χ0) is 16.4. The lowest BCUT2D eigenvalue weighted by atomic mass is 10.1. The van der Waals surface area contributed by atoms with Crippen molar-refractivity contribution < 1.29 is 0 Å². The van der Waals surface area contributed by atoms with Gasteiger partial charge in [0, 0.05) is 5.02 Å². The normalized spacial score (nSPS) is 12.3. The molecule has 0 aliphatic heterocycles. The minimum atomic E-state index is -0.124. The smallest absolute Gasteiger partial charge is 0.178 e. The molecule has 1 N–H and O–H groups in total. The van der Waals surface area contributed by atoms with E-state index in [2.05, 4.69) is 46.8 Å². The van der Waals surface area contributed by atoms with Crippen molar-refractivity contribution in [1.29, 1.82) is 0 Å². The second-order valence-electron chi connectivity index (χ2n) is 5.46. The highest BCUT2D eigenvalue weighted by atomic mass is 35.5. The molecule has 1 heterocycles. The van der Waals surface area contributed by atoms with E-state index in [-0.39, 0.29) is 6.04 Å². The second-order valence-corrected chi connectivity index (χ2v) is 5.90. The van der Waals surface area contributed by atoms with Gasteiger partial charge in [0.05, 0.1) is 11.7 Å². The quantitative estimate of drug-likeness (QED) is 0.799. The van der Waals surface area contributed by atoms with Crippen molar-refractivity contribution in [1.82, 2.24) is 25.5 Å². The minimum Gasteiger partial charge on any atom is -0.307 e. The Morgan fingerprint density at radius 2 is 1.70 bits per heavy atom. The van der Waals surface area contributed by atoms with E-state index in [4.69, 9.17) is 11.6 Å². The first kappa shape index (κ1) is 15.6. The number of hydrogen-bond donors (Lipinski definition) is 1. The van der Waals surface area contributed by atoms with Crippen LogP contribution in [0.2, 0.25) is 5.02 Å². The summed E-state index contributed by atoms with van der Waals surface area (Å²) in [7, 11) is 1.89. The third-order valence-electron chi connectivity index (χ3n) is 3.90. The zero-order valence-electron chi connectivity index (χ0n) is 13.3. The first-order valence-electron chi connectivity index (χ1n) is 7.39. The van der Waals surface area contributed by atoms with Gasteiger partial charge in [-0.05, 0) is 60.1 Å². The molecule has 6 heteroatoms. The summed E-state index contributed by atoms with van der Waals surface area (Å²) in [6.07, 6.45) is 0. The zero-order valence-corrected chi connectivity index (χ0v) is 14.0. The molecule has 0 amide bonds. The fourth-order valence-corrected chi connectivity index (χ4v) is 2.90. The van der Waals surface area contributed by atoms with E-state index in [0.717, 1.165) is 28.2 Å². The van der Waals surface area contributed by atoms with Crippen LogP contribution in [0.1, 0.15) is 28.6 Å². The fourth-order valence-electron chi connectivity index (χ4n) is 2.77. The van der Waals surface area contributed by atoms with Crippen molar-refractivity contribution in [3.63, 3.8) is 0 Å². The van der Waals surface area contributed by atoms with Crippen molar-refractivity contribution in [2.45, 2.75) is 19.9 Å². The Balaban J connectivity index is 2.11. The van der Waals surface area contributed by atoms with Crippen LogP contribution in [-0.2, 0) is 0 Å². The highest BCUT2D eigenvalue weighted by molar-refractivity contribution is 6.30. The number of hydrogen-bond acceptors (Lipinski definition) is 4. The number of aromatic nitrogens is 4. The molecule has 0 unspecified atom stereocenters. The molecule has 23 heavy (non-hydrogen) atoms. The highest BCUT2D eigenvalue weighted by Gasteiger charge is 2.22. The van der Waals surface area contributed by atoms with Crippen molar-refractivity contribution in [3.05, 3.63) is 70.0 Å². The topological polar surface area (TPSA) is 55.6 Å². The molecular formula is C17H18ClN5. The number of nitrogens with one attached hydrogen (secondary N) is 1. The van der Waals surface area contributed by atoms with Gasteiger partial charge < -0.3 is 5.32 Å². The third kappa shape index (κ3) is 2.98. The van der Waals surface area contributed by atoms with Gasteiger partial charge in [-0.3, -0.25) is 0 Å². The summed E-state index contributed by atoms with van der Waals surface area (Å²) in [5.41, 5.74) is 4.33. The van der Waals surface area contributed by atoms with Crippen LogP contribution in [0, 0.1) is 13.8 Å². The van der Waals surface area contributed by atoms with Gasteiger partial charge in [-0.2, -0.15) is 4.68 Å². The molecule has 0 saturated heterocycles. The van der Waals surface area contributed by atoms with E-state index in [1.54, 1.807) is 4.68 Å². The van der Waals surface area contributed by atoms with Crippen LogP contribution in [0.15, 0.2) is 42.5 Å². The third-order valence-corrected chi connectivity index (χ3v) is 4.15. The molecule has 2 aromatic carbocycles. The van der Waals surface area contributed by atoms with Gasteiger partial charge in [0.25, 0.3) is 0 Å². The van der Waals surface area contributed by atoms with E-state index in [9.17, 15) is 0 Å². The lowest BCUT2D eigenvalue weighted by Crippen LogP contribution is -2.22. The van der Waals surface area contributed by atoms with Gasteiger partial charge in [0.15, 0.2) is 5.82 Å². The number of benzene rings is 2. The molecule has 1 atom stereocenters. The lowest BCUT2D eigenvalue weighted by Gasteiger charge is -2.18. The lowest BCUT2D eigenvalue weighted by molar-refractivity contribution is 0.619. The standard InChI is InChI=1S/C17H18ClN5/c1-11-5-4-6-12(2)16(11)23-17(20-21-22-23)15(19-3)13-7-9-14(18)10-8-13/h4-10,15,19H,1-3H3/t15-/m0/s1. The van der Waals surface area contributed by atoms with Crippen molar-refractivity contribution in [2.24, 2.45) is 0 Å². The Morgan fingerprint density at radius 3 is 2.30 bits per heavy atom. The fraction of sp³-hybridized carbons (Fsp3) is 0.235. The summed E-state index contributed by atoms with van der Waals surface area (Å²) < 4.78 is 1.81. The molecule has 0 radical (unpaired) electrons. The Labute approximate surface area is 140 Å². The summed E-state index contributed by atoms with van der Waals surface area (Å²) in [4.78, 5) is 0. The van der Waals surface area contributed by atoms with Crippen LogP contribution in [0.4, 0.5) is 0 Å². The maximum absolute atomic E-state index is 5.99. The Hall–Kier alpha value is -2.24. The molecule has 0 aliphatic carbocycles. The number of aryl methyl sites for hydroxylation is 2. The number of tetrazole rings is 1. The van der Waals surface area contributed by atoms with E-state index in [1.807, 2.05) is 37.4 Å². The molecule has 1 aromatic heterocycles. The first-order valence-corrected chi connectivity index (χ1v) is 7.77. The minimum absolute atomic E-state index is 0.124. The van der Waals surface area contributed by atoms with E-state index in [0.29, 0.717) is 5.02 Å². The molecule has 0 fully saturated rings. The van der Waals surface area contributed by atoms with E-state index in [1.165, 1.54) is 0 Å². The summed E-state index contributed by atoms with van der Waals surface area (Å²) in [6.45, 7) is 4.12. The Morgan fingerprint density at radius 1 is 1.04 bits per heavy atom. The molecule has 0 aliphatic rings. The van der Waals surface area contributed by atoms with Crippen molar-refractivity contribution in [2.75, 3.05) is 7.05 Å². The summed E-state index contributed by atoms with van der Waals surface area (Å²) in [5, 5.41) is 16.3. The SMILES string of the molecule is CN[C@@H](c1ccc(Cl)cc1)c1nnnn1-c1c(C)cccc1C. The molecule has 3 aromatic rings. The van der Waals surface area contributed by atoms with Gasteiger partial charge in [-0.25, -0.2) is 0 Å². The maximum atomic E-state index is 5.99. The predicted octanol–water partition coefficient (Wildman–Crippen LogP) is 3.24. The van der Waals surface area contributed by atoms with E-state index >= 15 is 0 Å². The average molecular weight is 328 g/mol. The van der Waals surface area contributed by atoms with Gasteiger partial charge in [-0.1, -0.05) is 41.9 Å². The van der Waals surface area contributed by atoms with Gasteiger partial charge in [0.1, 0.15) is 0 Å². The van der Waals surface area contributed by atoms with Crippen LogP contribution in [0.25, 0.3) is 5.69 Å². The number of nitrogens with zero attached hydrogens (tertiary/aromatic N) is 4. The monoisotopic (exact) mass is 327 g/mol. The molecule has 0 bridgehead atoms. The van der Waals surface area contributed by atoms with Gasteiger partial charge in [0.2, 0.25) is 0 Å². The van der Waals surface area contributed by atoms with Crippen LogP contribution in [-0.4, -0.2) is 27.3 Å². The molecule has 0 spiro atoms. The molecule has 3 rings (SSSR count).